The third-order valence-electron chi connectivity index (χ3n) is 3.31. The summed E-state index contributed by atoms with van der Waals surface area (Å²) in [6.07, 6.45) is 1.74. The molecule has 2 fully saturated rings. The van der Waals surface area contributed by atoms with Crippen molar-refractivity contribution in [2.24, 2.45) is 0 Å². The summed E-state index contributed by atoms with van der Waals surface area (Å²) in [5.41, 5.74) is -1.10. The van der Waals surface area contributed by atoms with Crippen molar-refractivity contribution in [3.63, 3.8) is 0 Å². The number of piperazine rings is 1. The molecule has 1 aliphatic heterocycles. The highest BCUT2D eigenvalue weighted by molar-refractivity contribution is 5.92. The Bertz CT molecular complexity index is 355. The minimum atomic E-state index is -1.10. The van der Waals surface area contributed by atoms with E-state index in [1.165, 1.54) is 0 Å². The molecule has 2 amide bonds. The first-order valence-electron chi connectivity index (χ1n) is 5.59. The second kappa shape index (κ2) is 4.33. The highest BCUT2D eigenvalue weighted by Crippen LogP contribution is 2.32. The van der Waals surface area contributed by atoms with E-state index in [0.29, 0.717) is 12.8 Å². The maximum atomic E-state index is 11.8. The molecular weight excluding hydrogens is 226 g/mol. The zero-order valence-electron chi connectivity index (χ0n) is 9.28. The van der Waals surface area contributed by atoms with E-state index in [0.717, 1.165) is 6.42 Å². The van der Waals surface area contributed by atoms with Crippen molar-refractivity contribution in [2.75, 3.05) is 13.1 Å². The smallest absolute Gasteiger partial charge is 0.329 e. The Balaban J connectivity index is 1.92. The third-order valence-corrected chi connectivity index (χ3v) is 3.31. The van der Waals surface area contributed by atoms with Gasteiger partial charge in [0.25, 0.3) is 0 Å². The summed E-state index contributed by atoms with van der Waals surface area (Å²) in [5, 5.41) is 16.9. The molecule has 4 N–H and O–H groups in total. The van der Waals surface area contributed by atoms with Gasteiger partial charge in [-0.25, -0.2) is 4.79 Å². The molecule has 0 radical (unpaired) electrons. The third kappa shape index (κ3) is 2.23. The molecule has 0 aromatic carbocycles. The molecule has 1 heterocycles. The number of carbonyl (C=O) groups excluding carboxylic acids is 2. The zero-order chi connectivity index (χ0) is 12.5. The van der Waals surface area contributed by atoms with Crippen LogP contribution in [0.15, 0.2) is 0 Å². The Hall–Kier alpha value is -1.63. The summed E-state index contributed by atoms with van der Waals surface area (Å²) in [5.74, 6) is -1.52. The molecule has 2 aliphatic rings. The average Bonchev–Trinajstić information content (AvgIpc) is 2.23. The van der Waals surface area contributed by atoms with Crippen LogP contribution >= 0.6 is 0 Å². The van der Waals surface area contributed by atoms with Crippen LogP contribution in [-0.2, 0) is 14.4 Å². The van der Waals surface area contributed by atoms with Crippen molar-refractivity contribution >= 4 is 17.8 Å². The lowest BCUT2D eigenvalue weighted by molar-refractivity contribution is -0.152. The molecule has 1 unspecified atom stereocenters. The summed E-state index contributed by atoms with van der Waals surface area (Å²) in [7, 11) is 0. The van der Waals surface area contributed by atoms with Crippen LogP contribution < -0.4 is 16.0 Å². The van der Waals surface area contributed by atoms with Crippen molar-refractivity contribution in [3.05, 3.63) is 0 Å². The SMILES string of the molecule is O=C1CNC(C(=O)NC2(C(=O)O)CCC2)CN1. The van der Waals surface area contributed by atoms with Crippen molar-refractivity contribution in [2.45, 2.75) is 30.8 Å². The summed E-state index contributed by atoms with van der Waals surface area (Å²) < 4.78 is 0. The van der Waals surface area contributed by atoms with Gasteiger partial charge < -0.3 is 15.7 Å². The van der Waals surface area contributed by atoms with Crippen LogP contribution in [0.3, 0.4) is 0 Å². The van der Waals surface area contributed by atoms with Crippen molar-refractivity contribution in [1.82, 2.24) is 16.0 Å². The van der Waals surface area contributed by atoms with Gasteiger partial charge in [-0.1, -0.05) is 0 Å². The summed E-state index contributed by atoms with van der Waals surface area (Å²) in [6.45, 7) is 0.276. The fourth-order valence-corrected chi connectivity index (χ4v) is 2.00. The Morgan fingerprint density at radius 2 is 2.12 bits per heavy atom. The minimum absolute atomic E-state index is 0.0815. The predicted octanol–water partition coefficient (Wildman–Crippen LogP) is -1.80. The van der Waals surface area contributed by atoms with Crippen LogP contribution in [-0.4, -0.2) is 47.6 Å². The van der Waals surface area contributed by atoms with E-state index in [4.69, 9.17) is 5.11 Å². The van der Waals surface area contributed by atoms with E-state index < -0.39 is 17.6 Å². The molecule has 2 rings (SSSR count). The number of carboxylic acids is 1. The normalized spacial score (nSPS) is 26.6. The molecule has 1 saturated heterocycles. The van der Waals surface area contributed by atoms with E-state index in [-0.39, 0.29) is 24.9 Å². The topological polar surface area (TPSA) is 108 Å². The molecular formula is C10H15N3O4. The fraction of sp³-hybridized carbons (Fsp3) is 0.700. The van der Waals surface area contributed by atoms with Gasteiger partial charge in [0.2, 0.25) is 11.8 Å². The van der Waals surface area contributed by atoms with E-state index in [1.54, 1.807) is 0 Å². The van der Waals surface area contributed by atoms with Gasteiger partial charge in [0.15, 0.2) is 0 Å². The van der Waals surface area contributed by atoms with Crippen LogP contribution in [0.5, 0.6) is 0 Å². The van der Waals surface area contributed by atoms with Gasteiger partial charge >= 0.3 is 5.97 Å². The average molecular weight is 241 g/mol. The number of rotatable bonds is 3. The fourth-order valence-electron chi connectivity index (χ4n) is 2.00. The highest BCUT2D eigenvalue weighted by Gasteiger charge is 2.46. The van der Waals surface area contributed by atoms with E-state index in [9.17, 15) is 14.4 Å². The predicted molar refractivity (Wildman–Crippen MR) is 57.2 cm³/mol. The number of amides is 2. The van der Waals surface area contributed by atoms with Crippen LogP contribution in [0.1, 0.15) is 19.3 Å². The van der Waals surface area contributed by atoms with Crippen molar-refractivity contribution in [3.8, 4) is 0 Å². The number of aliphatic carboxylic acids is 1. The van der Waals surface area contributed by atoms with Gasteiger partial charge in [0.05, 0.1) is 6.54 Å². The van der Waals surface area contributed by atoms with Crippen LogP contribution in [0, 0.1) is 0 Å². The summed E-state index contributed by atoms with van der Waals surface area (Å²) in [6, 6.07) is -0.551. The Morgan fingerprint density at radius 1 is 1.41 bits per heavy atom. The van der Waals surface area contributed by atoms with E-state index in [1.807, 2.05) is 0 Å². The quantitative estimate of drug-likeness (QED) is 0.466. The number of nitrogens with one attached hydrogen (secondary N) is 3. The molecule has 1 saturated carbocycles. The van der Waals surface area contributed by atoms with E-state index >= 15 is 0 Å². The highest BCUT2D eigenvalue weighted by atomic mass is 16.4. The molecule has 0 bridgehead atoms. The monoisotopic (exact) mass is 241 g/mol. The molecule has 0 aromatic heterocycles. The molecule has 7 nitrogen and oxygen atoms in total. The summed E-state index contributed by atoms with van der Waals surface area (Å²) >= 11 is 0. The van der Waals surface area contributed by atoms with Gasteiger partial charge in [0, 0.05) is 6.54 Å². The van der Waals surface area contributed by atoms with Crippen molar-refractivity contribution < 1.29 is 19.5 Å². The molecule has 17 heavy (non-hydrogen) atoms. The largest absolute Gasteiger partial charge is 0.480 e. The first kappa shape index (κ1) is 11.8. The maximum Gasteiger partial charge on any atom is 0.329 e. The second-order valence-corrected chi connectivity index (χ2v) is 4.47. The van der Waals surface area contributed by atoms with Gasteiger partial charge in [-0.05, 0) is 19.3 Å². The Morgan fingerprint density at radius 3 is 2.53 bits per heavy atom. The second-order valence-electron chi connectivity index (χ2n) is 4.47. The zero-order valence-corrected chi connectivity index (χ0v) is 9.28. The number of carboxylic acid groups (broad SMARTS) is 1. The Kier molecular flexibility index (Phi) is 3.01. The van der Waals surface area contributed by atoms with Gasteiger partial charge in [0.1, 0.15) is 11.6 Å². The van der Waals surface area contributed by atoms with Crippen LogP contribution in [0.25, 0.3) is 0 Å². The maximum absolute atomic E-state index is 11.8. The first-order chi connectivity index (χ1) is 8.03. The summed E-state index contributed by atoms with van der Waals surface area (Å²) in [4.78, 5) is 33.8. The van der Waals surface area contributed by atoms with Crippen LogP contribution in [0.2, 0.25) is 0 Å². The first-order valence-corrected chi connectivity index (χ1v) is 5.59. The number of hydrogen-bond donors (Lipinski definition) is 4. The standard InChI is InChI=1S/C10H15N3O4/c14-7-5-11-6(4-12-7)8(15)13-10(9(16)17)2-1-3-10/h6,11H,1-5H2,(H,12,14)(H,13,15)(H,16,17). The van der Waals surface area contributed by atoms with E-state index in [2.05, 4.69) is 16.0 Å². The lowest BCUT2D eigenvalue weighted by Crippen LogP contribution is -2.65. The minimum Gasteiger partial charge on any atom is -0.480 e. The molecule has 1 atom stereocenters. The number of carbonyl (C=O) groups is 3. The molecule has 94 valence electrons. The van der Waals surface area contributed by atoms with Crippen LogP contribution in [0.4, 0.5) is 0 Å². The molecule has 0 aromatic rings. The van der Waals surface area contributed by atoms with Crippen molar-refractivity contribution in [1.29, 1.82) is 0 Å². The van der Waals surface area contributed by atoms with Gasteiger partial charge in [-0.15, -0.1) is 0 Å². The lowest BCUT2D eigenvalue weighted by atomic mass is 9.76. The Labute approximate surface area is 97.9 Å². The number of hydrogen-bond acceptors (Lipinski definition) is 4. The molecule has 0 spiro atoms. The molecule has 7 heteroatoms. The molecule has 1 aliphatic carbocycles. The van der Waals surface area contributed by atoms with Gasteiger partial charge in [-0.3, -0.25) is 14.9 Å². The lowest BCUT2D eigenvalue weighted by Gasteiger charge is -2.39. The van der Waals surface area contributed by atoms with Gasteiger partial charge in [-0.2, -0.15) is 0 Å².